The van der Waals surface area contributed by atoms with Crippen LogP contribution < -0.4 is 5.32 Å². The Hall–Kier alpha value is -2.72. The van der Waals surface area contributed by atoms with Crippen LogP contribution in [-0.2, 0) is 23.7 Å². The lowest BCUT2D eigenvalue weighted by atomic mass is 10.1. The second kappa shape index (κ2) is 7.36. The average Bonchev–Trinajstić information content (AvgIpc) is 2.94. The van der Waals surface area contributed by atoms with E-state index in [2.05, 4.69) is 10.3 Å². The molecule has 0 saturated carbocycles. The number of oxazole rings is 1. The maximum absolute atomic E-state index is 13.1. The largest absolute Gasteiger partial charge is 0.455 e. The van der Waals surface area contributed by atoms with E-state index in [1.54, 1.807) is 20.8 Å². The molecular weight excluding hydrogens is 394 g/mol. The first-order valence-corrected chi connectivity index (χ1v) is 7.86. The smallest absolute Gasteiger partial charge is 0.437 e. The molecule has 0 unspecified atom stereocenters. The predicted molar refractivity (Wildman–Crippen MR) is 85.4 cm³/mol. The van der Waals surface area contributed by atoms with Gasteiger partial charge in [0.2, 0.25) is 5.76 Å². The number of anilines is 1. The van der Waals surface area contributed by atoms with E-state index in [9.17, 15) is 31.1 Å². The number of alkyl halides is 6. The van der Waals surface area contributed by atoms with E-state index in [0.29, 0.717) is 0 Å². The third-order valence-corrected chi connectivity index (χ3v) is 3.19. The molecule has 2 rings (SSSR count). The van der Waals surface area contributed by atoms with Gasteiger partial charge in [-0.15, -0.1) is 0 Å². The zero-order valence-corrected chi connectivity index (χ0v) is 15.0. The van der Waals surface area contributed by atoms with Crippen LogP contribution in [0.25, 0.3) is 0 Å². The molecule has 0 bridgehead atoms. The minimum absolute atomic E-state index is 0.0516. The van der Waals surface area contributed by atoms with Crippen LogP contribution >= 0.6 is 0 Å². The SMILES string of the molecule is CC(C)(C)Nc1nc(C(F)(F)F)c(C(=O)OCc2cccc(C(F)(F)F)c2)o1. The second-order valence-electron chi connectivity index (χ2n) is 6.84. The molecule has 28 heavy (non-hydrogen) atoms. The average molecular weight is 410 g/mol. The molecule has 2 aromatic rings. The molecule has 0 amide bonds. The van der Waals surface area contributed by atoms with Crippen molar-refractivity contribution in [2.45, 2.75) is 45.3 Å². The molecule has 5 nitrogen and oxygen atoms in total. The van der Waals surface area contributed by atoms with Crippen molar-refractivity contribution < 1.29 is 40.3 Å². The summed E-state index contributed by atoms with van der Waals surface area (Å²) in [5.41, 5.74) is -3.32. The molecule has 0 spiro atoms. The summed E-state index contributed by atoms with van der Waals surface area (Å²) in [7, 11) is 0. The number of benzene rings is 1. The molecule has 1 N–H and O–H groups in total. The van der Waals surface area contributed by atoms with Crippen molar-refractivity contribution in [1.29, 1.82) is 0 Å². The zero-order chi connectivity index (χ0) is 21.3. The number of halogens is 6. The Bertz CT molecular complexity index is 850. The summed E-state index contributed by atoms with van der Waals surface area (Å²) < 4.78 is 87.0. The van der Waals surface area contributed by atoms with Gasteiger partial charge in [-0.2, -0.15) is 31.3 Å². The van der Waals surface area contributed by atoms with Crippen molar-refractivity contribution in [3.63, 3.8) is 0 Å². The molecule has 0 atom stereocenters. The Labute approximate surface area is 155 Å². The van der Waals surface area contributed by atoms with Crippen molar-refractivity contribution >= 4 is 12.0 Å². The lowest BCUT2D eigenvalue weighted by molar-refractivity contribution is -0.142. The molecule has 0 aliphatic carbocycles. The van der Waals surface area contributed by atoms with E-state index in [1.165, 1.54) is 6.07 Å². The van der Waals surface area contributed by atoms with Crippen molar-refractivity contribution in [1.82, 2.24) is 4.98 Å². The first-order chi connectivity index (χ1) is 12.7. The summed E-state index contributed by atoms with van der Waals surface area (Å²) in [6, 6.07) is 3.33. The summed E-state index contributed by atoms with van der Waals surface area (Å²) in [6.45, 7) is 4.23. The molecule has 0 aliphatic rings. The first-order valence-electron chi connectivity index (χ1n) is 7.86. The number of nitrogens with zero attached hydrogens (tertiary/aromatic N) is 1. The fraction of sp³-hybridized carbons (Fsp3) is 0.412. The van der Waals surface area contributed by atoms with E-state index < -0.39 is 53.5 Å². The fourth-order valence-electron chi connectivity index (χ4n) is 2.08. The van der Waals surface area contributed by atoms with Crippen LogP contribution in [0.4, 0.5) is 32.4 Å². The van der Waals surface area contributed by atoms with Crippen LogP contribution in [-0.4, -0.2) is 16.5 Å². The maximum Gasteiger partial charge on any atom is 0.437 e. The molecule has 1 aromatic heterocycles. The van der Waals surface area contributed by atoms with Gasteiger partial charge in [0, 0.05) is 5.54 Å². The van der Waals surface area contributed by atoms with Gasteiger partial charge in [0.05, 0.1) is 5.56 Å². The molecule has 154 valence electrons. The summed E-state index contributed by atoms with van der Waals surface area (Å²) >= 11 is 0. The number of carbonyl (C=O) groups excluding carboxylic acids is 1. The molecule has 0 fully saturated rings. The highest BCUT2D eigenvalue weighted by Gasteiger charge is 2.42. The molecule has 11 heteroatoms. The Morgan fingerprint density at radius 3 is 2.29 bits per heavy atom. The van der Waals surface area contributed by atoms with Crippen LogP contribution in [0.3, 0.4) is 0 Å². The van der Waals surface area contributed by atoms with Gasteiger partial charge in [0.25, 0.3) is 6.01 Å². The maximum atomic E-state index is 13.1. The molecular formula is C17H16F6N2O3. The number of esters is 1. The third-order valence-electron chi connectivity index (χ3n) is 3.19. The minimum atomic E-state index is -4.99. The molecule has 0 radical (unpaired) electrons. The number of nitrogens with one attached hydrogen (secondary N) is 1. The standard InChI is InChI=1S/C17H16F6N2O3/c1-15(2,3)25-14-24-12(17(21,22)23)11(28-14)13(26)27-8-9-5-4-6-10(7-9)16(18,19)20/h4-7H,8H2,1-3H3,(H,24,25). The Kier molecular flexibility index (Phi) is 5.67. The first kappa shape index (κ1) is 21.6. The van der Waals surface area contributed by atoms with Gasteiger partial charge < -0.3 is 14.5 Å². The van der Waals surface area contributed by atoms with Crippen LogP contribution in [0.2, 0.25) is 0 Å². The van der Waals surface area contributed by atoms with Gasteiger partial charge in [-0.05, 0) is 38.5 Å². The van der Waals surface area contributed by atoms with Gasteiger partial charge in [-0.1, -0.05) is 12.1 Å². The summed E-state index contributed by atoms with van der Waals surface area (Å²) in [5.74, 6) is -2.69. The number of aromatic nitrogens is 1. The third kappa shape index (κ3) is 5.64. The van der Waals surface area contributed by atoms with Crippen LogP contribution in [0.1, 0.15) is 48.1 Å². The second-order valence-corrected chi connectivity index (χ2v) is 6.84. The highest BCUT2D eigenvalue weighted by atomic mass is 19.4. The van der Waals surface area contributed by atoms with E-state index in [0.717, 1.165) is 18.2 Å². The monoisotopic (exact) mass is 410 g/mol. The molecule has 1 aromatic carbocycles. The Morgan fingerprint density at radius 1 is 1.11 bits per heavy atom. The van der Waals surface area contributed by atoms with E-state index in [1.807, 2.05) is 0 Å². The Morgan fingerprint density at radius 2 is 1.75 bits per heavy atom. The van der Waals surface area contributed by atoms with Crippen molar-refractivity contribution in [3.8, 4) is 0 Å². The van der Waals surface area contributed by atoms with Gasteiger partial charge in [-0.25, -0.2) is 4.79 Å². The Balaban J connectivity index is 2.22. The highest BCUT2D eigenvalue weighted by Crippen LogP contribution is 2.34. The van der Waals surface area contributed by atoms with Gasteiger partial charge in [-0.3, -0.25) is 0 Å². The van der Waals surface area contributed by atoms with Crippen molar-refractivity contribution in [3.05, 3.63) is 46.8 Å². The van der Waals surface area contributed by atoms with Crippen molar-refractivity contribution in [2.24, 2.45) is 0 Å². The summed E-state index contributed by atoms with van der Waals surface area (Å²) in [6.07, 6.45) is -9.60. The van der Waals surface area contributed by atoms with E-state index in [-0.39, 0.29) is 5.56 Å². The molecule has 0 saturated heterocycles. The number of hydrogen-bond donors (Lipinski definition) is 1. The zero-order valence-electron chi connectivity index (χ0n) is 15.0. The van der Waals surface area contributed by atoms with Crippen molar-refractivity contribution in [2.75, 3.05) is 5.32 Å². The topological polar surface area (TPSA) is 64.4 Å². The minimum Gasteiger partial charge on any atom is -0.455 e. The molecule has 0 aliphatic heterocycles. The number of carbonyl (C=O) groups is 1. The quantitative estimate of drug-likeness (QED) is 0.549. The fourth-order valence-corrected chi connectivity index (χ4v) is 2.08. The van der Waals surface area contributed by atoms with Gasteiger partial charge in [0.15, 0.2) is 5.69 Å². The van der Waals surface area contributed by atoms with E-state index >= 15 is 0 Å². The number of ether oxygens (including phenoxy) is 1. The number of rotatable bonds is 4. The normalized spacial score (nSPS) is 12.8. The van der Waals surface area contributed by atoms with Gasteiger partial charge in [0.1, 0.15) is 6.61 Å². The summed E-state index contributed by atoms with van der Waals surface area (Å²) in [5, 5.41) is 2.56. The summed E-state index contributed by atoms with van der Waals surface area (Å²) in [4.78, 5) is 15.3. The highest BCUT2D eigenvalue weighted by molar-refractivity contribution is 5.88. The van der Waals surface area contributed by atoms with Crippen LogP contribution in [0, 0.1) is 0 Å². The lowest BCUT2D eigenvalue weighted by Crippen LogP contribution is -2.26. The van der Waals surface area contributed by atoms with E-state index in [4.69, 9.17) is 9.15 Å². The lowest BCUT2D eigenvalue weighted by Gasteiger charge is -2.18. The van der Waals surface area contributed by atoms with Gasteiger partial charge >= 0.3 is 18.3 Å². The van der Waals surface area contributed by atoms with Crippen LogP contribution in [0.5, 0.6) is 0 Å². The van der Waals surface area contributed by atoms with Crippen LogP contribution in [0.15, 0.2) is 28.7 Å². The predicted octanol–water partition coefficient (Wildman–Crippen LogP) is 5.28. The number of hydrogen-bond acceptors (Lipinski definition) is 5. The molecule has 1 heterocycles.